The molecule has 0 saturated heterocycles. The van der Waals surface area contributed by atoms with E-state index in [1.54, 1.807) is 10.9 Å². The molecular weight excluding hydrogens is 270 g/mol. The monoisotopic (exact) mass is 289 g/mol. The predicted molar refractivity (Wildman–Crippen MR) is 74.3 cm³/mol. The quantitative estimate of drug-likeness (QED) is 0.611. The molecule has 7 nitrogen and oxygen atoms in total. The Balaban J connectivity index is 1.74. The number of fused-ring (bicyclic) bond motifs is 1. The van der Waals surface area contributed by atoms with Gasteiger partial charge in [0.2, 0.25) is 0 Å². The molecule has 1 unspecified atom stereocenters. The van der Waals surface area contributed by atoms with Crippen LogP contribution < -0.4 is 5.49 Å². The number of rotatable bonds is 1. The highest BCUT2D eigenvalue weighted by Crippen LogP contribution is 2.53. The Morgan fingerprint density at radius 2 is 2.19 bits per heavy atom. The van der Waals surface area contributed by atoms with Gasteiger partial charge in [-0.15, -0.1) is 0 Å². The molecule has 21 heavy (non-hydrogen) atoms. The number of hydrogen-bond acceptors (Lipinski definition) is 5. The van der Waals surface area contributed by atoms with Gasteiger partial charge in [-0.05, 0) is 25.7 Å². The van der Waals surface area contributed by atoms with E-state index in [1.807, 2.05) is 0 Å². The third kappa shape index (κ3) is 1.70. The van der Waals surface area contributed by atoms with E-state index in [0.717, 1.165) is 19.3 Å². The Hall–Kier alpha value is -1.73. The molecule has 0 aliphatic heterocycles. The van der Waals surface area contributed by atoms with Crippen LogP contribution in [0.4, 0.5) is 0 Å². The summed E-state index contributed by atoms with van der Waals surface area (Å²) in [6, 6.07) is 0.000417. The van der Waals surface area contributed by atoms with Crippen LogP contribution in [-0.2, 0) is 0 Å². The molecule has 2 aromatic heterocycles. The predicted octanol–water partition coefficient (Wildman–Crippen LogP) is 0.466. The fourth-order valence-corrected chi connectivity index (χ4v) is 4.21. The summed E-state index contributed by atoms with van der Waals surface area (Å²) in [7, 11) is 0. The lowest BCUT2D eigenvalue weighted by atomic mass is 9.80. The number of aliphatic hydroxyl groups excluding tert-OH is 2. The van der Waals surface area contributed by atoms with Crippen molar-refractivity contribution < 1.29 is 10.2 Å². The van der Waals surface area contributed by atoms with E-state index in [2.05, 4.69) is 15.0 Å². The Bertz CT molecular complexity index is 738. The Labute approximate surface area is 121 Å². The van der Waals surface area contributed by atoms with Gasteiger partial charge in [0, 0.05) is 11.5 Å². The Kier molecular flexibility index (Phi) is 2.71. The number of hydrogen-bond donors (Lipinski definition) is 4. The number of nitrogens with zero attached hydrogens (tertiary/aromatic N) is 3. The standard InChI is InChI=1S/C14H19N5O2/c15-12-11-13(17-6-16-11)18-7-19(12)8-4-10(21)14(5-8)3-1-2-9(14)20/h6-10,15,20-21H,1-5H2,(H,16,17)/t8-,9-,10-,14?/m1/s1. The fourth-order valence-electron chi connectivity index (χ4n) is 4.21. The first kappa shape index (κ1) is 13.0. The number of nitrogens with one attached hydrogen (secondary N) is 2. The van der Waals surface area contributed by atoms with Gasteiger partial charge in [0.05, 0.1) is 24.9 Å². The van der Waals surface area contributed by atoms with Crippen LogP contribution in [0.5, 0.6) is 0 Å². The van der Waals surface area contributed by atoms with Crippen molar-refractivity contribution >= 4 is 11.2 Å². The maximum Gasteiger partial charge on any atom is 0.182 e. The SMILES string of the molecule is N=c1c2[nH]cnc2ncn1[C@@H]1C[C@@H](O)C2(CCC[C@H]2O)C1. The van der Waals surface area contributed by atoms with Crippen molar-refractivity contribution in [2.24, 2.45) is 5.41 Å². The lowest BCUT2D eigenvalue weighted by molar-refractivity contribution is -0.0302. The van der Waals surface area contributed by atoms with Crippen LogP contribution >= 0.6 is 0 Å². The first-order valence-corrected chi connectivity index (χ1v) is 7.43. The lowest BCUT2D eigenvalue weighted by Crippen LogP contribution is -2.37. The van der Waals surface area contributed by atoms with E-state index >= 15 is 0 Å². The first-order chi connectivity index (χ1) is 10.1. The summed E-state index contributed by atoms with van der Waals surface area (Å²) in [5, 5.41) is 29.0. The van der Waals surface area contributed by atoms with Crippen molar-refractivity contribution in [2.75, 3.05) is 0 Å². The highest BCUT2D eigenvalue weighted by Gasteiger charge is 2.53. The molecule has 7 heteroatoms. The second kappa shape index (κ2) is 4.38. The third-order valence-electron chi connectivity index (χ3n) is 5.37. The second-order valence-electron chi connectivity index (χ2n) is 6.35. The van der Waals surface area contributed by atoms with E-state index in [0.29, 0.717) is 29.5 Å². The van der Waals surface area contributed by atoms with Crippen LogP contribution in [0.3, 0.4) is 0 Å². The minimum absolute atomic E-state index is 0.000417. The van der Waals surface area contributed by atoms with Crippen LogP contribution in [0.25, 0.3) is 11.2 Å². The van der Waals surface area contributed by atoms with Crippen LogP contribution in [0.2, 0.25) is 0 Å². The van der Waals surface area contributed by atoms with Gasteiger partial charge in [-0.25, -0.2) is 9.97 Å². The minimum Gasteiger partial charge on any atom is -0.392 e. The zero-order valence-electron chi connectivity index (χ0n) is 11.7. The average Bonchev–Trinajstić information content (AvgIpc) is 3.14. The zero-order valence-corrected chi connectivity index (χ0v) is 11.7. The highest BCUT2D eigenvalue weighted by molar-refractivity contribution is 5.67. The van der Waals surface area contributed by atoms with Gasteiger partial charge in [0.25, 0.3) is 0 Å². The van der Waals surface area contributed by atoms with Crippen molar-refractivity contribution in [3.05, 3.63) is 18.1 Å². The smallest absolute Gasteiger partial charge is 0.182 e. The molecule has 4 rings (SSSR count). The van der Waals surface area contributed by atoms with Crippen LogP contribution in [-0.4, -0.2) is 41.9 Å². The van der Waals surface area contributed by atoms with E-state index in [-0.39, 0.29) is 6.04 Å². The van der Waals surface area contributed by atoms with Gasteiger partial charge in [-0.1, -0.05) is 6.42 Å². The molecule has 2 heterocycles. The fraction of sp³-hybridized carbons (Fsp3) is 0.643. The van der Waals surface area contributed by atoms with Gasteiger partial charge in [0.15, 0.2) is 11.1 Å². The van der Waals surface area contributed by atoms with E-state index in [1.165, 1.54) is 6.33 Å². The minimum atomic E-state index is -0.510. The lowest BCUT2D eigenvalue weighted by Gasteiger charge is -2.31. The van der Waals surface area contributed by atoms with Crippen LogP contribution in [0.1, 0.15) is 38.1 Å². The molecule has 112 valence electrons. The summed E-state index contributed by atoms with van der Waals surface area (Å²) in [6.07, 6.45) is 6.07. The van der Waals surface area contributed by atoms with E-state index in [4.69, 9.17) is 5.41 Å². The first-order valence-electron chi connectivity index (χ1n) is 7.43. The van der Waals surface area contributed by atoms with Gasteiger partial charge >= 0.3 is 0 Å². The molecule has 1 spiro atoms. The molecule has 0 aromatic carbocycles. The highest BCUT2D eigenvalue weighted by atomic mass is 16.3. The largest absolute Gasteiger partial charge is 0.392 e. The van der Waals surface area contributed by atoms with E-state index < -0.39 is 17.6 Å². The summed E-state index contributed by atoms with van der Waals surface area (Å²) in [5.41, 5.74) is 1.08. The Morgan fingerprint density at radius 3 is 2.95 bits per heavy atom. The summed E-state index contributed by atoms with van der Waals surface area (Å²) in [4.78, 5) is 11.3. The van der Waals surface area contributed by atoms with Crippen LogP contribution in [0.15, 0.2) is 12.7 Å². The van der Waals surface area contributed by atoms with Crippen molar-refractivity contribution in [2.45, 2.75) is 50.4 Å². The number of H-pyrrole nitrogens is 1. The van der Waals surface area contributed by atoms with Crippen molar-refractivity contribution in [1.29, 1.82) is 5.41 Å². The van der Waals surface area contributed by atoms with Gasteiger partial charge in [0.1, 0.15) is 5.52 Å². The Morgan fingerprint density at radius 1 is 1.33 bits per heavy atom. The topological polar surface area (TPSA) is 111 Å². The number of aromatic nitrogens is 4. The van der Waals surface area contributed by atoms with Crippen molar-refractivity contribution in [3.8, 4) is 0 Å². The molecule has 0 radical (unpaired) electrons. The molecule has 2 aliphatic carbocycles. The van der Waals surface area contributed by atoms with Gasteiger partial charge in [-0.2, -0.15) is 0 Å². The summed E-state index contributed by atoms with van der Waals surface area (Å²) in [6.45, 7) is 0. The molecule has 4 atom stereocenters. The van der Waals surface area contributed by atoms with Gasteiger partial charge in [-0.3, -0.25) is 5.41 Å². The molecule has 2 aromatic rings. The molecule has 0 bridgehead atoms. The van der Waals surface area contributed by atoms with Gasteiger partial charge < -0.3 is 19.8 Å². The summed E-state index contributed by atoms with van der Waals surface area (Å²) >= 11 is 0. The maximum absolute atomic E-state index is 10.5. The second-order valence-corrected chi connectivity index (χ2v) is 6.35. The molecule has 2 fully saturated rings. The maximum atomic E-state index is 10.5. The number of imidazole rings is 1. The summed E-state index contributed by atoms with van der Waals surface area (Å²) < 4.78 is 1.80. The number of aromatic amines is 1. The van der Waals surface area contributed by atoms with Crippen LogP contribution in [0, 0.1) is 10.8 Å². The average molecular weight is 289 g/mol. The molecule has 2 aliphatic rings. The van der Waals surface area contributed by atoms with Crippen molar-refractivity contribution in [1.82, 2.24) is 19.5 Å². The summed E-state index contributed by atoms with van der Waals surface area (Å²) in [5.74, 6) is 0. The number of aliphatic hydroxyl groups is 2. The molecule has 4 N–H and O–H groups in total. The van der Waals surface area contributed by atoms with Crippen molar-refractivity contribution in [3.63, 3.8) is 0 Å². The van der Waals surface area contributed by atoms with E-state index in [9.17, 15) is 10.2 Å². The third-order valence-corrected chi connectivity index (χ3v) is 5.37. The molecule has 0 amide bonds. The molecule has 2 saturated carbocycles. The molecular formula is C14H19N5O2. The zero-order chi connectivity index (χ0) is 14.6. The normalized spacial score (nSPS) is 36.0.